The first kappa shape index (κ1) is 12.3. The summed E-state index contributed by atoms with van der Waals surface area (Å²) in [5, 5.41) is 0. The Morgan fingerprint density at radius 2 is 1.88 bits per heavy atom. The molecule has 0 saturated heterocycles. The lowest BCUT2D eigenvalue weighted by Crippen LogP contribution is -2.41. The van der Waals surface area contributed by atoms with E-state index >= 15 is 0 Å². The van der Waals surface area contributed by atoms with Crippen LogP contribution in [0.1, 0.15) is 22.2 Å². The summed E-state index contributed by atoms with van der Waals surface area (Å²) in [6.45, 7) is 1.72. The van der Waals surface area contributed by atoms with E-state index in [1.165, 1.54) is 11.3 Å². The van der Waals surface area contributed by atoms with E-state index in [2.05, 4.69) is 0 Å². The number of thiophene rings is 1. The highest BCUT2D eigenvalue weighted by atomic mass is 35.5. The summed E-state index contributed by atoms with van der Waals surface area (Å²) in [7, 11) is 0. The normalized spacial score (nSPS) is 14.3. The van der Waals surface area contributed by atoms with Gasteiger partial charge in [0.15, 0.2) is 5.78 Å². The van der Waals surface area contributed by atoms with Crippen LogP contribution in [0.15, 0.2) is 42.5 Å². The Bertz CT molecular complexity index is 533. The number of Topliss-reactive ketones (excluding diaryl/α,β-unsaturated/α-hetero) is 1. The molecule has 88 valence electrons. The van der Waals surface area contributed by atoms with Crippen molar-refractivity contribution >= 4 is 28.7 Å². The van der Waals surface area contributed by atoms with Gasteiger partial charge in [-0.15, -0.1) is 11.3 Å². The van der Waals surface area contributed by atoms with Gasteiger partial charge in [-0.1, -0.05) is 41.9 Å². The molecule has 0 spiro atoms. The van der Waals surface area contributed by atoms with E-state index in [0.29, 0.717) is 9.21 Å². The van der Waals surface area contributed by atoms with Crippen molar-refractivity contribution in [2.45, 2.75) is 12.5 Å². The van der Waals surface area contributed by atoms with Crippen LogP contribution in [-0.2, 0) is 5.54 Å². The second kappa shape index (κ2) is 4.61. The molecule has 1 unspecified atom stereocenters. The topological polar surface area (TPSA) is 43.1 Å². The Balaban J connectivity index is 2.36. The summed E-state index contributed by atoms with van der Waals surface area (Å²) in [6, 6.07) is 12.8. The van der Waals surface area contributed by atoms with E-state index in [1.54, 1.807) is 19.1 Å². The molecule has 0 amide bonds. The third-order valence-corrected chi connectivity index (χ3v) is 3.87. The van der Waals surface area contributed by atoms with Gasteiger partial charge < -0.3 is 5.73 Å². The molecule has 0 aliphatic heterocycles. The molecule has 2 rings (SSSR count). The minimum atomic E-state index is -1.02. The second-order valence-electron chi connectivity index (χ2n) is 4.00. The van der Waals surface area contributed by atoms with Gasteiger partial charge in [0.05, 0.1) is 9.21 Å². The maximum absolute atomic E-state index is 12.3. The number of carbonyl (C=O) groups excluding carboxylic acids is 1. The van der Waals surface area contributed by atoms with Crippen LogP contribution in [0.25, 0.3) is 0 Å². The third kappa shape index (κ3) is 2.41. The van der Waals surface area contributed by atoms with Gasteiger partial charge in [0, 0.05) is 0 Å². The predicted molar refractivity (Wildman–Crippen MR) is 71.6 cm³/mol. The van der Waals surface area contributed by atoms with Crippen molar-refractivity contribution in [3.05, 3.63) is 57.2 Å². The van der Waals surface area contributed by atoms with E-state index in [1.807, 2.05) is 30.3 Å². The Hall–Kier alpha value is -1.16. The lowest BCUT2D eigenvalue weighted by atomic mass is 9.88. The molecule has 1 atom stereocenters. The van der Waals surface area contributed by atoms with Gasteiger partial charge >= 0.3 is 0 Å². The van der Waals surface area contributed by atoms with E-state index in [9.17, 15) is 4.79 Å². The maximum atomic E-state index is 12.3. The van der Waals surface area contributed by atoms with Crippen molar-refractivity contribution < 1.29 is 4.79 Å². The molecule has 0 aliphatic carbocycles. The number of carbonyl (C=O) groups is 1. The van der Waals surface area contributed by atoms with Gasteiger partial charge in [-0.25, -0.2) is 0 Å². The highest BCUT2D eigenvalue weighted by Gasteiger charge is 2.32. The van der Waals surface area contributed by atoms with Crippen LogP contribution in [0.4, 0.5) is 0 Å². The minimum Gasteiger partial charge on any atom is -0.315 e. The van der Waals surface area contributed by atoms with Crippen LogP contribution in [0.3, 0.4) is 0 Å². The Labute approximate surface area is 109 Å². The standard InChI is InChI=1S/C13H12ClNOS/c1-13(15,9-5-3-2-4-6-9)12(16)10-7-8-11(14)17-10/h2-8H,15H2,1H3. The molecule has 4 heteroatoms. The van der Waals surface area contributed by atoms with Crippen molar-refractivity contribution in [3.63, 3.8) is 0 Å². The first-order chi connectivity index (χ1) is 8.01. The molecule has 2 nitrogen and oxygen atoms in total. The smallest absolute Gasteiger partial charge is 0.196 e. The summed E-state index contributed by atoms with van der Waals surface area (Å²) in [5.74, 6) is -0.111. The molecule has 2 aromatic rings. The number of hydrogen-bond acceptors (Lipinski definition) is 3. The molecule has 1 aromatic carbocycles. The molecule has 0 radical (unpaired) electrons. The van der Waals surface area contributed by atoms with E-state index in [0.717, 1.165) is 5.56 Å². The summed E-state index contributed by atoms with van der Waals surface area (Å²) in [4.78, 5) is 12.9. The lowest BCUT2D eigenvalue weighted by molar-refractivity contribution is 0.0904. The molecule has 0 bridgehead atoms. The van der Waals surface area contributed by atoms with Gasteiger partial charge in [-0.3, -0.25) is 4.79 Å². The van der Waals surface area contributed by atoms with Crippen molar-refractivity contribution in [2.24, 2.45) is 5.73 Å². The van der Waals surface area contributed by atoms with Crippen molar-refractivity contribution in [3.8, 4) is 0 Å². The van der Waals surface area contributed by atoms with Crippen molar-refractivity contribution in [2.75, 3.05) is 0 Å². The largest absolute Gasteiger partial charge is 0.315 e. The summed E-state index contributed by atoms with van der Waals surface area (Å²) in [6.07, 6.45) is 0. The Morgan fingerprint density at radius 1 is 1.24 bits per heavy atom. The quantitative estimate of drug-likeness (QED) is 0.864. The molecule has 17 heavy (non-hydrogen) atoms. The summed E-state index contributed by atoms with van der Waals surface area (Å²) < 4.78 is 0.595. The van der Waals surface area contributed by atoms with Crippen LogP contribution >= 0.6 is 22.9 Å². The third-order valence-electron chi connectivity index (χ3n) is 2.64. The van der Waals surface area contributed by atoms with E-state index in [-0.39, 0.29) is 5.78 Å². The Kier molecular flexibility index (Phi) is 3.33. The second-order valence-corrected chi connectivity index (χ2v) is 5.72. The van der Waals surface area contributed by atoms with Gasteiger partial charge in [-0.2, -0.15) is 0 Å². The van der Waals surface area contributed by atoms with Crippen LogP contribution in [0.5, 0.6) is 0 Å². The number of benzene rings is 1. The molecular weight excluding hydrogens is 254 g/mol. The zero-order chi connectivity index (χ0) is 12.5. The number of rotatable bonds is 3. The van der Waals surface area contributed by atoms with Crippen LogP contribution < -0.4 is 5.73 Å². The van der Waals surface area contributed by atoms with Crippen molar-refractivity contribution in [1.82, 2.24) is 0 Å². The fourth-order valence-electron chi connectivity index (χ4n) is 1.61. The lowest BCUT2D eigenvalue weighted by Gasteiger charge is -2.22. The first-order valence-electron chi connectivity index (χ1n) is 5.16. The summed E-state index contributed by atoms with van der Waals surface area (Å²) in [5.41, 5.74) is 5.92. The predicted octanol–water partition coefficient (Wildman–Crippen LogP) is 3.46. The molecule has 0 aliphatic rings. The molecule has 0 saturated carbocycles. The number of ketones is 1. The SMILES string of the molecule is CC(N)(C(=O)c1ccc(Cl)s1)c1ccccc1. The highest BCUT2D eigenvalue weighted by Crippen LogP contribution is 2.28. The van der Waals surface area contributed by atoms with E-state index < -0.39 is 5.54 Å². The first-order valence-corrected chi connectivity index (χ1v) is 6.36. The molecule has 2 N–H and O–H groups in total. The van der Waals surface area contributed by atoms with Crippen LogP contribution in [0, 0.1) is 0 Å². The fraction of sp³-hybridized carbons (Fsp3) is 0.154. The number of halogens is 1. The maximum Gasteiger partial charge on any atom is 0.196 e. The van der Waals surface area contributed by atoms with Gasteiger partial charge in [-0.05, 0) is 24.6 Å². The van der Waals surface area contributed by atoms with E-state index in [4.69, 9.17) is 17.3 Å². The average Bonchev–Trinajstić information content (AvgIpc) is 2.76. The highest BCUT2D eigenvalue weighted by molar-refractivity contribution is 7.18. The molecule has 1 heterocycles. The van der Waals surface area contributed by atoms with Crippen LogP contribution in [-0.4, -0.2) is 5.78 Å². The molecule has 0 fully saturated rings. The zero-order valence-corrected chi connectivity index (χ0v) is 10.9. The molecular formula is C13H12ClNOS. The van der Waals surface area contributed by atoms with Crippen LogP contribution in [0.2, 0.25) is 4.34 Å². The molecule has 1 aromatic heterocycles. The monoisotopic (exact) mass is 265 g/mol. The van der Waals surface area contributed by atoms with Gasteiger partial charge in [0.2, 0.25) is 0 Å². The number of nitrogens with two attached hydrogens (primary N) is 1. The number of hydrogen-bond donors (Lipinski definition) is 1. The minimum absolute atomic E-state index is 0.111. The average molecular weight is 266 g/mol. The Morgan fingerprint density at radius 3 is 2.41 bits per heavy atom. The summed E-state index contributed by atoms with van der Waals surface area (Å²) >= 11 is 7.08. The van der Waals surface area contributed by atoms with Crippen molar-refractivity contribution in [1.29, 1.82) is 0 Å². The fourth-order valence-corrected chi connectivity index (χ4v) is 2.71. The van der Waals surface area contributed by atoms with Gasteiger partial charge in [0.25, 0.3) is 0 Å². The zero-order valence-electron chi connectivity index (χ0n) is 9.31. The van der Waals surface area contributed by atoms with Gasteiger partial charge in [0.1, 0.15) is 5.54 Å².